The third-order valence-corrected chi connectivity index (χ3v) is 26.0. The second kappa shape index (κ2) is 36.9. The van der Waals surface area contributed by atoms with Crippen molar-refractivity contribution in [3.63, 3.8) is 0 Å². The first kappa shape index (κ1) is 83.3. The van der Waals surface area contributed by atoms with Crippen LogP contribution in [0.3, 0.4) is 0 Å². The summed E-state index contributed by atoms with van der Waals surface area (Å²) in [6.45, 7) is 19.7. The third kappa shape index (κ3) is 22.0. The smallest absolute Gasteiger partial charge is 0.391 e. The summed E-state index contributed by atoms with van der Waals surface area (Å²) < 4.78 is 111. The van der Waals surface area contributed by atoms with E-state index in [9.17, 15) is 54.3 Å². The number of aliphatic hydroxyl groups is 1. The molecule has 31 heteroatoms. The topological polar surface area (TPSA) is 277 Å². The van der Waals surface area contributed by atoms with E-state index in [4.69, 9.17) is 21.1 Å². The van der Waals surface area contributed by atoms with Gasteiger partial charge in [0.15, 0.2) is 0 Å². The number of sulfone groups is 1. The molecule has 0 radical (unpaired) electrons. The number of aromatic nitrogens is 1. The normalized spacial score (nSPS) is 19.9. The number of piperazine rings is 1. The van der Waals surface area contributed by atoms with Gasteiger partial charge in [0.2, 0.25) is 17.7 Å². The van der Waals surface area contributed by atoms with Gasteiger partial charge in [0.1, 0.15) is 17.0 Å². The SMILES string of the molecule is Cc1ncsc1-c1ccc([C@H](C)NC(=O)[C@@H]2C[C@@H](O)CN2C(=O)[C@@H](NC(=O)CCCCCOCC2=CN(CC3(C)CCC(c4ccc(Cl)cc4)=C(CN4CCN(c5ccc(C(=O)NS(=O)(=O)c6ccc(N[C@H](CCN7CCOCC7)CSc7ccccc7)c(S(=O)(=O)C(F)(F)F)c6)cc5)CC4)C3)NN2)C(C)(C)C)cc1. The Balaban J connectivity index is 0.629. The van der Waals surface area contributed by atoms with Gasteiger partial charge in [-0.2, -0.15) is 13.2 Å². The maximum atomic E-state index is 14.4. The summed E-state index contributed by atoms with van der Waals surface area (Å²) in [5.74, 6) is -1.77. The Hall–Kier alpha value is -7.62. The van der Waals surface area contributed by atoms with E-state index in [1.807, 2.05) is 118 Å². The number of rotatable bonds is 32. The first-order valence-electron chi connectivity index (χ1n) is 37.4. The maximum Gasteiger partial charge on any atom is 0.501 e. The second-order valence-electron chi connectivity index (χ2n) is 30.4. The number of anilines is 2. The minimum absolute atomic E-state index is 0.0183. The lowest BCUT2D eigenvalue weighted by molar-refractivity contribution is -0.144. The lowest BCUT2D eigenvalue weighted by Gasteiger charge is -2.42. The summed E-state index contributed by atoms with van der Waals surface area (Å²) in [5.41, 5.74) is 9.67. The number of hydrogen-bond donors (Lipinski definition) is 7. The number of sulfonamides is 1. The van der Waals surface area contributed by atoms with E-state index >= 15 is 0 Å². The fourth-order valence-electron chi connectivity index (χ4n) is 14.6. The van der Waals surface area contributed by atoms with Crippen LogP contribution in [0.15, 0.2) is 159 Å². The fourth-order valence-corrected chi connectivity index (χ4v) is 18.5. The van der Waals surface area contributed by atoms with E-state index in [1.54, 1.807) is 23.5 Å². The molecule has 4 amide bonds. The number of likely N-dealkylation sites (tertiary alicyclic amines) is 1. The number of morpholine rings is 1. The van der Waals surface area contributed by atoms with Gasteiger partial charge in [-0.1, -0.05) is 106 Å². The van der Waals surface area contributed by atoms with Crippen molar-refractivity contribution >= 4 is 95.1 Å². The Morgan fingerprint density at radius 1 is 0.864 bits per heavy atom. The van der Waals surface area contributed by atoms with Crippen LogP contribution in [-0.2, 0) is 43.7 Å². The fraction of sp³-hybridized carbons (Fsp3) is 0.481. The number of thiazole rings is 1. The molecule has 3 saturated heterocycles. The zero-order chi connectivity index (χ0) is 78.5. The largest absolute Gasteiger partial charge is 0.501 e. The molecule has 7 N–H and O–H groups in total. The van der Waals surface area contributed by atoms with E-state index in [0.717, 1.165) is 101 Å². The summed E-state index contributed by atoms with van der Waals surface area (Å²) >= 11 is 9.39. The molecule has 3 fully saturated rings. The molecule has 23 nitrogen and oxygen atoms in total. The van der Waals surface area contributed by atoms with Crippen LogP contribution >= 0.6 is 34.7 Å². The Labute approximate surface area is 656 Å². The number of ether oxygens (including phenoxy) is 2. The molecule has 0 bridgehead atoms. The number of hydrogen-bond acceptors (Lipinski definition) is 21. The number of allylic oxidation sites excluding steroid dienone is 1. The van der Waals surface area contributed by atoms with Crippen molar-refractivity contribution in [1.82, 2.24) is 51.0 Å². The quantitative estimate of drug-likeness (QED) is 0.0153. The molecule has 1 aromatic heterocycles. The number of halogens is 4. The zero-order valence-electron chi connectivity index (χ0n) is 62.9. The van der Waals surface area contributed by atoms with Crippen LogP contribution in [0, 0.1) is 17.8 Å². The first-order chi connectivity index (χ1) is 52.4. The Kier molecular flexibility index (Phi) is 28.0. The number of alkyl halides is 3. The Morgan fingerprint density at radius 2 is 1.57 bits per heavy atom. The van der Waals surface area contributed by atoms with Crippen molar-refractivity contribution in [1.29, 1.82) is 0 Å². The number of carbonyl (C=O) groups excluding carboxylic acids is 4. The summed E-state index contributed by atoms with van der Waals surface area (Å²) in [7, 11) is -11.0. The highest BCUT2D eigenvalue weighted by Gasteiger charge is 2.49. The van der Waals surface area contributed by atoms with Crippen molar-refractivity contribution in [3.05, 3.63) is 172 Å². The van der Waals surface area contributed by atoms with E-state index in [-0.39, 0.29) is 48.2 Å². The molecule has 594 valence electrons. The molecule has 0 saturated carbocycles. The van der Waals surface area contributed by atoms with Crippen LogP contribution in [-0.4, -0.2) is 198 Å². The molecule has 6 atom stereocenters. The highest BCUT2D eigenvalue weighted by molar-refractivity contribution is 7.99. The number of aryl methyl sites for hydroxylation is 1. The summed E-state index contributed by atoms with van der Waals surface area (Å²) in [5, 5.41) is 22.5. The van der Waals surface area contributed by atoms with Crippen LogP contribution in [0.5, 0.6) is 0 Å². The van der Waals surface area contributed by atoms with Crippen LogP contribution < -0.4 is 36.5 Å². The average molecular weight is 1610 g/mol. The number of amides is 4. The molecule has 5 heterocycles. The van der Waals surface area contributed by atoms with Gasteiger partial charge in [0.25, 0.3) is 25.8 Å². The monoisotopic (exact) mass is 1610 g/mol. The number of nitrogens with zero attached hydrogens (tertiary/aromatic N) is 6. The van der Waals surface area contributed by atoms with Crippen LogP contribution in [0.1, 0.15) is 126 Å². The van der Waals surface area contributed by atoms with Crippen molar-refractivity contribution < 1.29 is 63.8 Å². The van der Waals surface area contributed by atoms with Crippen molar-refractivity contribution in [2.75, 3.05) is 108 Å². The van der Waals surface area contributed by atoms with Crippen molar-refractivity contribution in [3.8, 4) is 10.4 Å². The molecule has 11 rings (SSSR count). The molecule has 4 aliphatic heterocycles. The lowest BCUT2D eigenvalue weighted by atomic mass is 9.71. The molecule has 1 unspecified atom stereocenters. The maximum absolute atomic E-state index is 14.4. The third-order valence-electron chi connectivity index (χ3n) is 20.8. The predicted molar refractivity (Wildman–Crippen MR) is 423 cm³/mol. The van der Waals surface area contributed by atoms with Gasteiger partial charge in [-0.15, -0.1) is 28.6 Å². The summed E-state index contributed by atoms with van der Waals surface area (Å²) in [4.78, 5) is 67.6. The highest BCUT2D eigenvalue weighted by atomic mass is 35.5. The Morgan fingerprint density at radius 3 is 2.25 bits per heavy atom. The van der Waals surface area contributed by atoms with E-state index in [0.29, 0.717) is 102 Å². The molecule has 5 aromatic carbocycles. The van der Waals surface area contributed by atoms with Gasteiger partial charge in [0, 0.05) is 124 Å². The summed E-state index contributed by atoms with van der Waals surface area (Å²) in [6, 6.07) is 31.3. The lowest BCUT2D eigenvalue weighted by Crippen LogP contribution is -2.57. The number of unbranched alkanes of at least 4 members (excludes halogenated alkanes) is 2. The van der Waals surface area contributed by atoms with E-state index in [2.05, 4.69) is 70.7 Å². The second-order valence-corrected chi connectivity index (χ2v) is 36.4. The number of thioether (sulfide) groups is 1. The van der Waals surface area contributed by atoms with Gasteiger partial charge in [-0.3, -0.25) is 34.0 Å². The zero-order valence-corrected chi connectivity index (χ0v) is 66.9. The Bertz CT molecular complexity index is 4470. The number of hydrazine groups is 2. The van der Waals surface area contributed by atoms with Gasteiger partial charge in [-0.25, -0.2) is 26.5 Å². The average Bonchev–Trinajstić information content (AvgIpc) is 1.22. The predicted octanol–water partition coefficient (Wildman–Crippen LogP) is 11.4. The standard InChI is InChI=1S/C79H100ClF3N12O11S4/c1-53(55-16-18-57(19-17-55)72-54(2)84-52-108-72)85-75(99)69-43-64(96)48-95(69)76(100)73(77(3,4)5)87-71(97)15-11-8-12-40-106-49-62-47-94(90-88-62)51-78(6)32-30-67(56-20-24-60(80)25-21-56)59(45-78)46-92-34-36-93(37-35-92)63-26-22-58(23-27-63)74(98)89-110(103,104)66-28-29-68(70(44-66)109(101,102)79(81,82)83)86-61(31-33-91-38-41-105-42-39-91)50-107-65-13-9-7-10-14-65/h7,9-10,13-14,16-29,44,47,52-53,61,64,69,73,86,88,90,96H,8,11-12,15,30-43,45-46,48-51H2,1-6H3,(H,85,99)(H,87,97)(H,89,98)/t53-,61+,64+,69-,73+,78?/m0/s1. The number of β-amino-alcohol motifs (C(OH)–C–C–N with tert-alkyl or cyclic N) is 1. The van der Waals surface area contributed by atoms with Crippen molar-refractivity contribution in [2.45, 2.75) is 150 Å². The highest BCUT2D eigenvalue weighted by Crippen LogP contribution is 2.45. The molecule has 1 aliphatic carbocycles. The van der Waals surface area contributed by atoms with Gasteiger partial charge < -0.3 is 45.8 Å². The van der Waals surface area contributed by atoms with Crippen LogP contribution in [0.25, 0.3) is 16.0 Å². The van der Waals surface area contributed by atoms with Crippen LogP contribution in [0.4, 0.5) is 24.5 Å². The number of aliphatic hydroxyl groups excluding tert-OH is 1. The molecular formula is C79H100ClF3N12O11S4. The van der Waals surface area contributed by atoms with E-state index in [1.165, 1.54) is 39.9 Å². The van der Waals surface area contributed by atoms with Gasteiger partial charge >= 0.3 is 5.51 Å². The van der Waals surface area contributed by atoms with Crippen LogP contribution in [0.2, 0.25) is 5.02 Å². The molecule has 110 heavy (non-hydrogen) atoms. The minimum Gasteiger partial charge on any atom is -0.391 e. The number of carbonyl (C=O) groups is 4. The minimum atomic E-state index is -6.11. The first-order valence-corrected chi connectivity index (χ1v) is 42.6. The van der Waals surface area contributed by atoms with E-state index < -0.39 is 82.3 Å². The van der Waals surface area contributed by atoms with Gasteiger partial charge in [-0.05, 0) is 152 Å². The number of nitrogens with one attached hydrogen (secondary N) is 6. The molecule has 5 aliphatic rings. The number of benzene rings is 5. The summed E-state index contributed by atoms with van der Waals surface area (Å²) in [6.07, 6.45) is 6.50. The van der Waals surface area contributed by atoms with Crippen molar-refractivity contribution in [2.24, 2.45) is 10.8 Å². The van der Waals surface area contributed by atoms with Gasteiger partial charge in [0.05, 0.1) is 64.3 Å². The molecular weight excluding hydrogens is 1510 g/mol. The molecule has 6 aromatic rings. The molecule has 0 spiro atoms.